The number of ether oxygens (including phenoxy) is 2. The predicted molar refractivity (Wildman–Crippen MR) is 112 cm³/mol. The highest BCUT2D eigenvalue weighted by Crippen LogP contribution is 2.67. The molecule has 0 unspecified atom stereocenters. The van der Waals surface area contributed by atoms with Gasteiger partial charge in [-0.15, -0.1) is 0 Å². The molecule has 5 nitrogen and oxygen atoms in total. The summed E-state index contributed by atoms with van der Waals surface area (Å²) in [4.78, 5) is 36.3. The Hall–Kier alpha value is -1.39. The van der Waals surface area contributed by atoms with Crippen molar-refractivity contribution in [2.24, 2.45) is 34.5 Å². The minimum absolute atomic E-state index is 0.0746. The molecule has 0 aromatic carbocycles. The molecule has 0 saturated heterocycles. The molecule has 0 N–H and O–H groups in total. The van der Waals surface area contributed by atoms with Gasteiger partial charge in [-0.25, -0.2) is 0 Å². The summed E-state index contributed by atoms with van der Waals surface area (Å²) < 4.78 is 11.4. The summed E-state index contributed by atoms with van der Waals surface area (Å²) in [6, 6.07) is 0. The number of hydrogen-bond acceptors (Lipinski definition) is 5. The summed E-state index contributed by atoms with van der Waals surface area (Å²) in [6.45, 7) is 9.49. The van der Waals surface area contributed by atoms with Crippen molar-refractivity contribution in [2.45, 2.75) is 104 Å². The quantitative estimate of drug-likeness (QED) is 0.600. The zero-order valence-electron chi connectivity index (χ0n) is 19.3. The van der Waals surface area contributed by atoms with E-state index < -0.39 is 5.60 Å². The van der Waals surface area contributed by atoms with E-state index in [0.29, 0.717) is 30.1 Å². The number of fused-ring (bicyclic) bond motifs is 5. The van der Waals surface area contributed by atoms with Crippen LogP contribution in [-0.4, -0.2) is 29.4 Å². The molecule has 0 amide bonds. The van der Waals surface area contributed by atoms with Crippen LogP contribution in [0, 0.1) is 34.5 Å². The van der Waals surface area contributed by atoms with Gasteiger partial charge in [0.1, 0.15) is 6.10 Å². The number of carbonyl (C=O) groups is 3. The van der Waals surface area contributed by atoms with E-state index in [1.165, 1.54) is 26.7 Å². The van der Waals surface area contributed by atoms with Crippen LogP contribution in [0.1, 0.15) is 92.4 Å². The second-order valence-corrected chi connectivity index (χ2v) is 11.2. The third kappa shape index (κ3) is 3.14. The summed E-state index contributed by atoms with van der Waals surface area (Å²) in [7, 11) is 0. The molecular weight excluding hydrogens is 380 g/mol. The lowest BCUT2D eigenvalue weighted by Crippen LogP contribution is -2.65. The van der Waals surface area contributed by atoms with E-state index in [0.717, 1.165) is 38.5 Å². The van der Waals surface area contributed by atoms with E-state index >= 15 is 0 Å². The fourth-order valence-corrected chi connectivity index (χ4v) is 8.31. The van der Waals surface area contributed by atoms with Crippen molar-refractivity contribution in [1.82, 2.24) is 0 Å². The highest BCUT2D eigenvalue weighted by Gasteiger charge is 2.65. The maximum absolute atomic E-state index is 13.0. The first-order valence-electron chi connectivity index (χ1n) is 11.9. The Morgan fingerprint density at radius 1 is 0.900 bits per heavy atom. The number of rotatable bonds is 2. The van der Waals surface area contributed by atoms with Gasteiger partial charge in [-0.2, -0.15) is 0 Å². The maximum atomic E-state index is 13.0. The van der Waals surface area contributed by atoms with Crippen LogP contribution in [-0.2, 0) is 23.9 Å². The first-order valence-corrected chi connectivity index (χ1v) is 11.9. The molecule has 0 spiro atoms. The van der Waals surface area contributed by atoms with Crippen LogP contribution < -0.4 is 0 Å². The highest BCUT2D eigenvalue weighted by atomic mass is 16.6. The predicted octanol–water partition coefficient (Wildman–Crippen LogP) is 4.85. The summed E-state index contributed by atoms with van der Waals surface area (Å²) in [5.41, 5.74) is -1.01. The van der Waals surface area contributed by atoms with E-state index in [1.54, 1.807) is 0 Å². The van der Waals surface area contributed by atoms with Gasteiger partial charge < -0.3 is 9.47 Å². The van der Waals surface area contributed by atoms with Crippen LogP contribution >= 0.6 is 0 Å². The van der Waals surface area contributed by atoms with Crippen LogP contribution in [0.5, 0.6) is 0 Å². The van der Waals surface area contributed by atoms with Gasteiger partial charge in [0.15, 0.2) is 11.4 Å². The van der Waals surface area contributed by atoms with Crippen molar-refractivity contribution in [3.05, 3.63) is 0 Å². The number of ketones is 1. The van der Waals surface area contributed by atoms with Gasteiger partial charge in [0.25, 0.3) is 0 Å². The Bertz CT molecular complexity index is 746. The Morgan fingerprint density at radius 3 is 2.30 bits per heavy atom. The number of Topliss-reactive ketones (excluding diaryl/α,β-unsaturated/α-hetero) is 1. The molecular formula is C25H38O5. The monoisotopic (exact) mass is 418 g/mol. The van der Waals surface area contributed by atoms with Crippen molar-refractivity contribution in [3.8, 4) is 0 Å². The first-order chi connectivity index (χ1) is 14.0. The Labute approximate surface area is 180 Å². The molecule has 168 valence electrons. The molecule has 4 rings (SSSR count). The first kappa shape index (κ1) is 21.8. The van der Waals surface area contributed by atoms with Gasteiger partial charge in [-0.3, -0.25) is 14.4 Å². The molecule has 0 radical (unpaired) electrons. The van der Waals surface area contributed by atoms with Crippen LogP contribution in [0.25, 0.3) is 0 Å². The van der Waals surface area contributed by atoms with E-state index in [2.05, 4.69) is 13.8 Å². The summed E-state index contributed by atoms with van der Waals surface area (Å²) in [5.74, 6) is 1.82. The van der Waals surface area contributed by atoms with Gasteiger partial charge in [0, 0.05) is 25.7 Å². The molecule has 0 aliphatic heterocycles. The zero-order valence-corrected chi connectivity index (χ0v) is 19.3. The molecule has 8 atom stereocenters. The van der Waals surface area contributed by atoms with E-state index in [-0.39, 0.29) is 34.7 Å². The largest absolute Gasteiger partial charge is 0.463 e. The summed E-state index contributed by atoms with van der Waals surface area (Å²) in [6.07, 6.45) is 8.93. The Morgan fingerprint density at radius 2 is 1.63 bits per heavy atom. The van der Waals surface area contributed by atoms with Crippen LogP contribution in [0.2, 0.25) is 0 Å². The number of esters is 2. The molecule has 0 aromatic rings. The maximum Gasteiger partial charge on any atom is 0.303 e. The Kier molecular flexibility index (Phi) is 5.34. The third-order valence-electron chi connectivity index (χ3n) is 9.99. The summed E-state index contributed by atoms with van der Waals surface area (Å²) in [5, 5.41) is 0. The van der Waals surface area contributed by atoms with Crippen molar-refractivity contribution in [1.29, 1.82) is 0 Å². The fraction of sp³-hybridized carbons (Fsp3) is 0.880. The number of carbonyl (C=O) groups excluding carboxylic acids is 3. The van der Waals surface area contributed by atoms with Gasteiger partial charge in [0.2, 0.25) is 0 Å². The van der Waals surface area contributed by atoms with Crippen molar-refractivity contribution >= 4 is 17.7 Å². The topological polar surface area (TPSA) is 69.7 Å². The van der Waals surface area contributed by atoms with Gasteiger partial charge in [-0.1, -0.05) is 13.8 Å². The molecule has 0 bridgehead atoms. The molecule has 0 aromatic heterocycles. The lowest BCUT2D eigenvalue weighted by molar-refractivity contribution is -0.215. The normalized spacial score (nSPS) is 48.0. The van der Waals surface area contributed by atoms with Crippen molar-refractivity contribution in [3.63, 3.8) is 0 Å². The molecule has 4 aliphatic rings. The average molecular weight is 419 g/mol. The van der Waals surface area contributed by atoms with E-state index in [1.807, 2.05) is 6.92 Å². The van der Waals surface area contributed by atoms with Crippen LogP contribution in [0.4, 0.5) is 0 Å². The SMILES string of the molecule is CC(=O)O[C@H]1CC[C@@]2(C)[C@@H](CC[C@H]3[C@H]4CCC(=O)[C@@](C)(OC(C)=O)[C@@]4(C)CC[C@@H]32)C1. The second-order valence-electron chi connectivity index (χ2n) is 11.2. The molecule has 5 heteroatoms. The van der Waals surface area contributed by atoms with Gasteiger partial charge in [0.05, 0.1) is 0 Å². The molecule has 4 fully saturated rings. The van der Waals surface area contributed by atoms with Crippen molar-refractivity contribution < 1.29 is 23.9 Å². The molecule has 4 aliphatic carbocycles. The second kappa shape index (κ2) is 7.34. The van der Waals surface area contributed by atoms with Crippen LogP contribution in [0.15, 0.2) is 0 Å². The zero-order chi connectivity index (χ0) is 21.9. The van der Waals surface area contributed by atoms with Gasteiger partial charge >= 0.3 is 11.9 Å². The van der Waals surface area contributed by atoms with Gasteiger partial charge in [-0.05, 0) is 87.4 Å². The molecule has 30 heavy (non-hydrogen) atoms. The lowest BCUT2D eigenvalue weighted by Gasteiger charge is -2.65. The lowest BCUT2D eigenvalue weighted by atomic mass is 9.41. The van der Waals surface area contributed by atoms with E-state index in [4.69, 9.17) is 9.47 Å². The standard InChI is InChI=1S/C25H38O5/c1-15(26)29-18-10-12-23(3)17(14-18)6-7-19-20(23)11-13-24(4)21(19)8-9-22(28)25(24,5)30-16(2)27/h17-21H,6-14H2,1-5H3/t17-,18-,19+,20-,21+,23-,24-,25+/m0/s1. The Balaban J connectivity index is 1.59. The fourth-order valence-electron chi connectivity index (χ4n) is 8.31. The van der Waals surface area contributed by atoms with Crippen molar-refractivity contribution in [2.75, 3.05) is 0 Å². The molecule has 4 saturated carbocycles. The number of hydrogen-bond donors (Lipinski definition) is 0. The average Bonchev–Trinajstić information content (AvgIpc) is 2.65. The van der Waals surface area contributed by atoms with E-state index in [9.17, 15) is 14.4 Å². The molecule has 0 heterocycles. The third-order valence-corrected chi connectivity index (χ3v) is 9.99. The minimum Gasteiger partial charge on any atom is -0.463 e. The smallest absolute Gasteiger partial charge is 0.303 e. The minimum atomic E-state index is -1.00. The highest BCUT2D eigenvalue weighted by molar-refractivity contribution is 5.91. The van der Waals surface area contributed by atoms with Crippen LogP contribution in [0.3, 0.4) is 0 Å². The summed E-state index contributed by atoms with van der Waals surface area (Å²) >= 11 is 0.